The number of carbonyl (C=O) groups excluding carboxylic acids is 1. The Labute approximate surface area is 136 Å². The van der Waals surface area contributed by atoms with Gasteiger partial charge in [0, 0.05) is 17.9 Å². The number of carboxylic acids is 1. The molecule has 4 heteroatoms. The monoisotopic (exact) mass is 313 g/mol. The number of aliphatic carboxylic acids is 1. The Hall–Kier alpha value is -1.84. The van der Waals surface area contributed by atoms with E-state index in [-0.39, 0.29) is 17.2 Å². The topological polar surface area (TPSA) is 57.6 Å². The Balaban J connectivity index is 1.63. The fraction of sp³-hybridized carbons (Fsp3) is 0.579. The summed E-state index contributed by atoms with van der Waals surface area (Å²) in [6, 6.07) is 8.47. The van der Waals surface area contributed by atoms with Crippen molar-refractivity contribution >= 4 is 11.9 Å². The van der Waals surface area contributed by atoms with E-state index in [1.165, 1.54) is 11.1 Å². The second-order valence-corrected chi connectivity index (χ2v) is 7.60. The predicted octanol–water partition coefficient (Wildman–Crippen LogP) is 2.75. The molecule has 23 heavy (non-hydrogen) atoms. The molecule has 1 saturated heterocycles. The molecule has 1 spiro atoms. The van der Waals surface area contributed by atoms with Gasteiger partial charge in [0.1, 0.15) is 5.54 Å². The molecule has 122 valence electrons. The molecule has 2 aliphatic carbocycles. The average molecular weight is 313 g/mol. The fourth-order valence-corrected chi connectivity index (χ4v) is 4.88. The minimum Gasteiger partial charge on any atom is -0.480 e. The predicted molar refractivity (Wildman–Crippen MR) is 86.2 cm³/mol. The van der Waals surface area contributed by atoms with Gasteiger partial charge in [-0.1, -0.05) is 24.3 Å². The fourth-order valence-electron chi connectivity index (χ4n) is 4.88. The molecule has 0 aromatic heterocycles. The largest absolute Gasteiger partial charge is 0.480 e. The van der Waals surface area contributed by atoms with E-state index in [1.807, 2.05) is 0 Å². The number of amides is 1. The van der Waals surface area contributed by atoms with Crippen molar-refractivity contribution in [2.45, 2.75) is 56.4 Å². The third-order valence-electron chi connectivity index (χ3n) is 6.36. The number of benzene rings is 1. The van der Waals surface area contributed by atoms with Crippen molar-refractivity contribution < 1.29 is 14.7 Å². The SMILES string of the molecule is CC1(C(=O)O)CCCN1C(=O)C1CC12CCCc1ccccc12. The van der Waals surface area contributed by atoms with E-state index in [0.29, 0.717) is 13.0 Å². The van der Waals surface area contributed by atoms with E-state index in [2.05, 4.69) is 24.3 Å². The molecule has 1 aliphatic heterocycles. The van der Waals surface area contributed by atoms with Gasteiger partial charge in [0.15, 0.2) is 0 Å². The van der Waals surface area contributed by atoms with Crippen LogP contribution in [-0.2, 0) is 21.4 Å². The van der Waals surface area contributed by atoms with Crippen molar-refractivity contribution in [2.24, 2.45) is 5.92 Å². The number of rotatable bonds is 2. The summed E-state index contributed by atoms with van der Waals surface area (Å²) >= 11 is 0. The highest BCUT2D eigenvalue weighted by Crippen LogP contribution is 2.61. The Morgan fingerprint density at radius 1 is 1.22 bits per heavy atom. The zero-order valence-electron chi connectivity index (χ0n) is 13.5. The molecular weight excluding hydrogens is 290 g/mol. The molecule has 3 atom stereocenters. The van der Waals surface area contributed by atoms with Crippen LogP contribution >= 0.6 is 0 Å². The van der Waals surface area contributed by atoms with Crippen LogP contribution in [0, 0.1) is 5.92 Å². The number of fused-ring (bicyclic) bond motifs is 2. The van der Waals surface area contributed by atoms with Crippen LogP contribution < -0.4 is 0 Å². The number of hydrogen-bond acceptors (Lipinski definition) is 2. The van der Waals surface area contributed by atoms with Gasteiger partial charge >= 0.3 is 5.97 Å². The maximum Gasteiger partial charge on any atom is 0.329 e. The van der Waals surface area contributed by atoms with Crippen molar-refractivity contribution in [3.8, 4) is 0 Å². The van der Waals surface area contributed by atoms with Crippen LogP contribution in [0.4, 0.5) is 0 Å². The molecular formula is C19H23NO3. The molecule has 1 aromatic rings. The van der Waals surface area contributed by atoms with Gasteiger partial charge in [0.25, 0.3) is 0 Å². The smallest absolute Gasteiger partial charge is 0.329 e. The molecule has 4 nitrogen and oxygen atoms in total. The molecule has 3 unspecified atom stereocenters. The molecule has 4 rings (SSSR count). The number of carboxylic acid groups (broad SMARTS) is 1. The van der Waals surface area contributed by atoms with Crippen LogP contribution in [0.2, 0.25) is 0 Å². The highest BCUT2D eigenvalue weighted by Gasteiger charge is 2.63. The second kappa shape index (κ2) is 4.83. The maximum absolute atomic E-state index is 13.1. The summed E-state index contributed by atoms with van der Waals surface area (Å²) < 4.78 is 0. The number of carbonyl (C=O) groups is 2. The Bertz CT molecular complexity index is 685. The lowest BCUT2D eigenvalue weighted by atomic mass is 9.78. The van der Waals surface area contributed by atoms with Gasteiger partial charge in [-0.3, -0.25) is 4.79 Å². The standard InChI is InChI=1S/C19H23NO3/c1-18(17(22)23)9-5-11-20(18)16(21)15-12-19(15)10-4-7-13-6-2-3-8-14(13)19/h2-3,6,8,15H,4-5,7,9-12H2,1H3,(H,22,23). The second-order valence-electron chi connectivity index (χ2n) is 7.60. The first-order valence-electron chi connectivity index (χ1n) is 8.62. The van der Waals surface area contributed by atoms with Crippen LogP contribution in [0.3, 0.4) is 0 Å². The first kappa shape index (κ1) is 14.7. The Morgan fingerprint density at radius 2 is 2.00 bits per heavy atom. The van der Waals surface area contributed by atoms with Crippen LogP contribution in [0.5, 0.6) is 0 Å². The minimum atomic E-state index is -1.02. The zero-order chi connectivity index (χ0) is 16.2. The van der Waals surface area contributed by atoms with Crippen molar-refractivity contribution in [3.63, 3.8) is 0 Å². The Kier molecular flexibility index (Phi) is 3.09. The third kappa shape index (κ3) is 1.97. The van der Waals surface area contributed by atoms with Gasteiger partial charge in [-0.25, -0.2) is 4.79 Å². The minimum absolute atomic E-state index is 0.0199. The molecule has 0 bridgehead atoms. The lowest BCUT2D eigenvalue weighted by molar-refractivity contribution is -0.156. The summed E-state index contributed by atoms with van der Waals surface area (Å²) in [6.07, 6.45) is 5.49. The van der Waals surface area contributed by atoms with E-state index in [4.69, 9.17) is 0 Å². The van der Waals surface area contributed by atoms with Gasteiger partial charge in [-0.2, -0.15) is 0 Å². The molecule has 1 amide bonds. The molecule has 1 heterocycles. The van der Waals surface area contributed by atoms with E-state index < -0.39 is 11.5 Å². The van der Waals surface area contributed by atoms with Gasteiger partial charge in [-0.15, -0.1) is 0 Å². The van der Waals surface area contributed by atoms with Crippen molar-refractivity contribution in [1.29, 1.82) is 0 Å². The van der Waals surface area contributed by atoms with Crippen LogP contribution in [0.25, 0.3) is 0 Å². The number of hydrogen-bond donors (Lipinski definition) is 1. The van der Waals surface area contributed by atoms with Crippen LogP contribution in [-0.4, -0.2) is 34.0 Å². The molecule has 1 aromatic carbocycles. The summed E-state index contributed by atoms with van der Waals surface area (Å²) in [5.41, 5.74) is 1.67. The summed E-state index contributed by atoms with van der Waals surface area (Å²) in [5, 5.41) is 9.56. The van der Waals surface area contributed by atoms with E-state index in [1.54, 1.807) is 11.8 Å². The number of nitrogens with zero attached hydrogens (tertiary/aromatic N) is 1. The first-order chi connectivity index (χ1) is 11.0. The number of aryl methyl sites for hydroxylation is 1. The van der Waals surface area contributed by atoms with E-state index >= 15 is 0 Å². The van der Waals surface area contributed by atoms with Gasteiger partial charge in [0.05, 0.1) is 0 Å². The molecule has 1 N–H and O–H groups in total. The number of likely N-dealkylation sites (tertiary alicyclic amines) is 1. The van der Waals surface area contributed by atoms with E-state index in [9.17, 15) is 14.7 Å². The van der Waals surface area contributed by atoms with Crippen LogP contribution in [0.15, 0.2) is 24.3 Å². The molecule has 2 fully saturated rings. The molecule has 3 aliphatic rings. The quantitative estimate of drug-likeness (QED) is 0.913. The van der Waals surface area contributed by atoms with Gasteiger partial charge < -0.3 is 10.0 Å². The molecule has 1 saturated carbocycles. The van der Waals surface area contributed by atoms with Gasteiger partial charge in [0.2, 0.25) is 5.91 Å². The third-order valence-corrected chi connectivity index (χ3v) is 6.36. The van der Waals surface area contributed by atoms with Crippen molar-refractivity contribution in [2.75, 3.05) is 6.54 Å². The highest BCUT2D eigenvalue weighted by molar-refractivity contribution is 5.91. The normalized spacial score (nSPS) is 35.2. The van der Waals surface area contributed by atoms with E-state index in [0.717, 1.165) is 32.1 Å². The Morgan fingerprint density at radius 3 is 2.78 bits per heavy atom. The maximum atomic E-state index is 13.1. The summed E-state index contributed by atoms with van der Waals surface area (Å²) in [5.74, 6) is -0.841. The first-order valence-corrected chi connectivity index (χ1v) is 8.62. The molecule has 0 radical (unpaired) electrons. The summed E-state index contributed by atoms with van der Waals surface area (Å²) in [7, 11) is 0. The van der Waals surface area contributed by atoms with Crippen LogP contribution in [0.1, 0.15) is 50.2 Å². The summed E-state index contributed by atoms with van der Waals surface area (Å²) in [4.78, 5) is 26.4. The van der Waals surface area contributed by atoms with Crippen molar-refractivity contribution in [3.05, 3.63) is 35.4 Å². The lowest BCUT2D eigenvalue weighted by Gasteiger charge is -2.33. The van der Waals surface area contributed by atoms with Gasteiger partial charge in [-0.05, 0) is 56.6 Å². The zero-order valence-corrected chi connectivity index (χ0v) is 13.5. The summed E-state index contributed by atoms with van der Waals surface area (Å²) in [6.45, 7) is 2.28. The average Bonchev–Trinajstić information content (AvgIpc) is 3.11. The van der Waals surface area contributed by atoms with Crippen molar-refractivity contribution in [1.82, 2.24) is 4.90 Å². The highest BCUT2D eigenvalue weighted by atomic mass is 16.4. The lowest BCUT2D eigenvalue weighted by Crippen LogP contribution is -2.51.